The first kappa shape index (κ1) is 21.7. The summed E-state index contributed by atoms with van der Waals surface area (Å²) in [5, 5.41) is 2.48. The number of benzene rings is 1. The van der Waals surface area contributed by atoms with Crippen LogP contribution < -0.4 is 11.1 Å². The lowest BCUT2D eigenvalue weighted by atomic mass is 10.0. The van der Waals surface area contributed by atoms with Gasteiger partial charge in [-0.3, -0.25) is 9.59 Å². The first-order chi connectivity index (χ1) is 12.5. The smallest absolute Gasteiger partial charge is 0.407 e. The minimum absolute atomic E-state index is 0.206. The number of ketones is 1. The van der Waals surface area contributed by atoms with Gasteiger partial charge in [-0.05, 0) is 24.8 Å². The Labute approximate surface area is 155 Å². The molecule has 0 aromatic heterocycles. The number of primary amides is 1. The van der Waals surface area contributed by atoms with Crippen molar-refractivity contribution in [1.29, 1.82) is 0 Å². The lowest BCUT2D eigenvalue weighted by Crippen LogP contribution is -2.43. The fourth-order valence-electron chi connectivity index (χ4n) is 2.61. The highest BCUT2D eigenvalue weighted by molar-refractivity contribution is 5.91. The van der Waals surface area contributed by atoms with Crippen LogP contribution >= 0.6 is 0 Å². The summed E-state index contributed by atoms with van der Waals surface area (Å²) in [5.74, 6) is -0.836. The van der Waals surface area contributed by atoms with E-state index in [9.17, 15) is 14.4 Å². The number of hydrogen-bond donors (Lipinski definition) is 2. The van der Waals surface area contributed by atoms with Crippen molar-refractivity contribution in [1.82, 2.24) is 5.32 Å². The van der Waals surface area contributed by atoms with E-state index in [-0.39, 0.29) is 18.6 Å². The average molecular weight is 362 g/mol. The number of carbonyl (C=O) groups is 3. The van der Waals surface area contributed by atoms with E-state index in [4.69, 9.17) is 10.5 Å². The number of carbonyl (C=O) groups excluding carboxylic acids is 3. The minimum Gasteiger partial charge on any atom is -0.450 e. The van der Waals surface area contributed by atoms with E-state index in [1.165, 1.54) is 0 Å². The van der Waals surface area contributed by atoms with Gasteiger partial charge in [0.05, 0.1) is 19.1 Å². The van der Waals surface area contributed by atoms with Crippen LogP contribution in [0.2, 0.25) is 0 Å². The molecule has 0 aliphatic carbocycles. The van der Waals surface area contributed by atoms with E-state index in [1.807, 2.05) is 30.3 Å². The number of ether oxygens (including phenoxy) is 1. The van der Waals surface area contributed by atoms with Crippen molar-refractivity contribution in [2.75, 3.05) is 6.61 Å². The summed E-state index contributed by atoms with van der Waals surface area (Å²) in [6.07, 6.45) is 4.76. The molecule has 0 saturated heterocycles. The number of rotatable bonds is 13. The van der Waals surface area contributed by atoms with Crippen molar-refractivity contribution in [3.05, 3.63) is 35.9 Å². The SMILES string of the molecule is CCCCCCOC(=O)N[C@H](CC(N)=O)C(=O)CCCc1ccccc1. The van der Waals surface area contributed by atoms with Gasteiger partial charge in [0.25, 0.3) is 0 Å². The highest BCUT2D eigenvalue weighted by Crippen LogP contribution is 2.08. The summed E-state index contributed by atoms with van der Waals surface area (Å²) >= 11 is 0. The molecule has 2 amide bonds. The van der Waals surface area contributed by atoms with Crippen LogP contribution in [-0.4, -0.2) is 30.4 Å². The molecule has 6 nitrogen and oxygen atoms in total. The molecule has 0 radical (unpaired) electrons. The Morgan fingerprint density at radius 3 is 2.46 bits per heavy atom. The first-order valence-corrected chi connectivity index (χ1v) is 9.31. The summed E-state index contributed by atoms with van der Waals surface area (Å²) < 4.78 is 5.07. The summed E-state index contributed by atoms with van der Waals surface area (Å²) in [4.78, 5) is 35.4. The number of nitrogens with one attached hydrogen (secondary N) is 1. The third kappa shape index (κ3) is 9.81. The number of alkyl carbamates (subject to hydrolysis) is 1. The molecule has 0 saturated carbocycles. The Morgan fingerprint density at radius 2 is 1.81 bits per heavy atom. The van der Waals surface area contributed by atoms with Crippen LogP contribution in [0.4, 0.5) is 4.79 Å². The topological polar surface area (TPSA) is 98.5 Å². The highest BCUT2D eigenvalue weighted by Gasteiger charge is 2.23. The maximum absolute atomic E-state index is 12.3. The summed E-state index contributed by atoms with van der Waals surface area (Å²) in [6, 6.07) is 8.91. The predicted molar refractivity (Wildman–Crippen MR) is 101 cm³/mol. The molecule has 0 heterocycles. The largest absolute Gasteiger partial charge is 0.450 e. The number of Topliss-reactive ketones (excluding diaryl/α,β-unsaturated/α-hetero) is 1. The van der Waals surface area contributed by atoms with Gasteiger partial charge >= 0.3 is 6.09 Å². The van der Waals surface area contributed by atoms with Crippen LogP contribution in [0.15, 0.2) is 30.3 Å². The number of unbranched alkanes of at least 4 members (excludes halogenated alkanes) is 3. The van der Waals surface area contributed by atoms with Gasteiger partial charge in [-0.25, -0.2) is 4.79 Å². The van der Waals surface area contributed by atoms with Crippen LogP contribution in [0.3, 0.4) is 0 Å². The van der Waals surface area contributed by atoms with Crippen LogP contribution in [0, 0.1) is 0 Å². The molecule has 26 heavy (non-hydrogen) atoms. The van der Waals surface area contributed by atoms with E-state index in [0.29, 0.717) is 13.0 Å². The lowest BCUT2D eigenvalue weighted by Gasteiger charge is -2.16. The van der Waals surface area contributed by atoms with Gasteiger partial charge in [0.1, 0.15) is 0 Å². The molecule has 1 aromatic carbocycles. The summed E-state index contributed by atoms with van der Waals surface area (Å²) in [7, 11) is 0. The summed E-state index contributed by atoms with van der Waals surface area (Å²) in [5.41, 5.74) is 6.34. The van der Waals surface area contributed by atoms with Crippen molar-refractivity contribution in [3.63, 3.8) is 0 Å². The second kappa shape index (κ2) is 12.9. The van der Waals surface area contributed by atoms with E-state index in [1.54, 1.807) is 0 Å². The van der Waals surface area contributed by atoms with Gasteiger partial charge in [-0.15, -0.1) is 0 Å². The van der Waals surface area contributed by atoms with Gasteiger partial charge < -0.3 is 15.8 Å². The van der Waals surface area contributed by atoms with Crippen LogP contribution in [0.5, 0.6) is 0 Å². The molecule has 1 rings (SSSR count). The maximum Gasteiger partial charge on any atom is 0.407 e. The first-order valence-electron chi connectivity index (χ1n) is 9.31. The maximum atomic E-state index is 12.3. The zero-order valence-corrected chi connectivity index (χ0v) is 15.5. The summed E-state index contributed by atoms with van der Waals surface area (Å²) in [6.45, 7) is 2.41. The van der Waals surface area contributed by atoms with Gasteiger partial charge in [0.15, 0.2) is 5.78 Å². The van der Waals surface area contributed by atoms with Crippen LogP contribution in [0.1, 0.15) is 57.4 Å². The zero-order chi connectivity index (χ0) is 19.2. The number of aryl methyl sites for hydroxylation is 1. The molecule has 0 fully saturated rings. The van der Waals surface area contributed by atoms with Crippen molar-refractivity contribution < 1.29 is 19.1 Å². The van der Waals surface area contributed by atoms with Crippen LogP contribution in [0.25, 0.3) is 0 Å². The number of amides is 2. The number of nitrogens with two attached hydrogens (primary N) is 1. The molecule has 0 unspecified atom stereocenters. The molecule has 0 aliphatic rings. The van der Waals surface area contributed by atoms with Crippen molar-refractivity contribution >= 4 is 17.8 Å². The number of hydrogen-bond acceptors (Lipinski definition) is 4. The average Bonchev–Trinajstić information content (AvgIpc) is 2.61. The fraction of sp³-hybridized carbons (Fsp3) is 0.550. The molecule has 3 N–H and O–H groups in total. The Kier molecular flexibility index (Phi) is 10.8. The second-order valence-electron chi connectivity index (χ2n) is 6.37. The van der Waals surface area contributed by atoms with E-state index in [2.05, 4.69) is 12.2 Å². The highest BCUT2D eigenvalue weighted by atomic mass is 16.5. The second-order valence-corrected chi connectivity index (χ2v) is 6.37. The van der Waals surface area contributed by atoms with Crippen molar-refractivity contribution in [3.8, 4) is 0 Å². The zero-order valence-electron chi connectivity index (χ0n) is 15.5. The van der Waals surface area contributed by atoms with Crippen LogP contribution in [-0.2, 0) is 20.7 Å². The van der Waals surface area contributed by atoms with Gasteiger partial charge in [0.2, 0.25) is 5.91 Å². The Bertz CT molecular complexity index is 560. The molecule has 1 aromatic rings. The lowest BCUT2D eigenvalue weighted by molar-refractivity contribution is -0.125. The standard InChI is InChI=1S/C20H30N2O4/c1-2-3-4-8-14-26-20(25)22-17(15-19(21)24)18(23)13-9-12-16-10-6-5-7-11-16/h5-7,10-11,17H,2-4,8-9,12-15H2,1H3,(H2,21,24)(H,22,25)/t17-/m1/s1. The monoisotopic (exact) mass is 362 g/mol. The van der Waals surface area contributed by atoms with Crippen molar-refractivity contribution in [2.45, 2.75) is 64.3 Å². The molecular weight excluding hydrogens is 332 g/mol. The molecule has 0 spiro atoms. The third-order valence-corrected chi connectivity index (χ3v) is 4.05. The quantitative estimate of drug-likeness (QED) is 0.527. The predicted octanol–water partition coefficient (Wildman–Crippen LogP) is 3.13. The molecule has 1 atom stereocenters. The molecule has 0 bridgehead atoms. The Hall–Kier alpha value is -2.37. The molecule has 144 valence electrons. The van der Waals surface area contributed by atoms with Gasteiger partial charge in [0, 0.05) is 6.42 Å². The Morgan fingerprint density at radius 1 is 1.08 bits per heavy atom. The van der Waals surface area contributed by atoms with Crippen molar-refractivity contribution in [2.24, 2.45) is 5.73 Å². The van der Waals surface area contributed by atoms with Gasteiger partial charge in [-0.2, -0.15) is 0 Å². The normalized spacial score (nSPS) is 11.6. The minimum atomic E-state index is -0.925. The fourth-order valence-corrected chi connectivity index (χ4v) is 2.61. The Balaban J connectivity index is 2.39. The van der Waals surface area contributed by atoms with E-state index in [0.717, 1.165) is 37.7 Å². The molecule has 6 heteroatoms. The third-order valence-electron chi connectivity index (χ3n) is 4.05. The van der Waals surface area contributed by atoms with E-state index >= 15 is 0 Å². The molecular formula is C20H30N2O4. The molecule has 0 aliphatic heterocycles. The van der Waals surface area contributed by atoms with Gasteiger partial charge in [-0.1, -0.05) is 56.5 Å². The van der Waals surface area contributed by atoms with E-state index < -0.39 is 18.0 Å².